The lowest BCUT2D eigenvalue weighted by molar-refractivity contribution is -0.116. The first-order valence-electron chi connectivity index (χ1n) is 9.41. The van der Waals surface area contributed by atoms with Gasteiger partial charge in [-0.1, -0.05) is 6.07 Å². The molecular weight excluding hydrogens is 340 g/mol. The summed E-state index contributed by atoms with van der Waals surface area (Å²) in [5, 5.41) is 2.87. The second-order valence-electron chi connectivity index (χ2n) is 7.11. The highest BCUT2D eigenvalue weighted by molar-refractivity contribution is 5.94. The highest BCUT2D eigenvalue weighted by Gasteiger charge is 2.20. The standard InChI is InChI=1S/C21H26N4O2/c22-21(27)18-5-7-19(8-6-18)24-20(26)9-12-25-11-2-4-17(15-25)13-16-3-1-10-23-14-16/h1,3,5-8,10,14,17H,2,4,9,11-13,15H2,(H2,22,27)(H,24,26). The highest BCUT2D eigenvalue weighted by atomic mass is 16.2. The maximum Gasteiger partial charge on any atom is 0.248 e. The summed E-state index contributed by atoms with van der Waals surface area (Å²) in [5.41, 5.74) is 7.61. The number of nitrogens with one attached hydrogen (secondary N) is 1. The van der Waals surface area contributed by atoms with Gasteiger partial charge in [0.25, 0.3) is 0 Å². The van der Waals surface area contributed by atoms with Gasteiger partial charge in [0.1, 0.15) is 0 Å². The lowest BCUT2D eigenvalue weighted by atomic mass is 9.92. The molecule has 0 spiro atoms. The highest BCUT2D eigenvalue weighted by Crippen LogP contribution is 2.20. The van der Waals surface area contributed by atoms with Gasteiger partial charge in [-0.3, -0.25) is 14.6 Å². The Morgan fingerprint density at radius 2 is 2.04 bits per heavy atom. The van der Waals surface area contributed by atoms with Gasteiger partial charge in [0.2, 0.25) is 11.8 Å². The van der Waals surface area contributed by atoms with Crippen molar-refractivity contribution in [1.82, 2.24) is 9.88 Å². The summed E-state index contributed by atoms with van der Waals surface area (Å²) >= 11 is 0. The zero-order valence-corrected chi connectivity index (χ0v) is 15.4. The minimum atomic E-state index is -0.473. The van der Waals surface area contributed by atoms with Crippen LogP contribution in [0.5, 0.6) is 0 Å². The minimum Gasteiger partial charge on any atom is -0.366 e. The lowest BCUT2D eigenvalue weighted by Gasteiger charge is -2.32. The zero-order valence-electron chi connectivity index (χ0n) is 15.4. The predicted molar refractivity (Wildman–Crippen MR) is 105 cm³/mol. The van der Waals surface area contributed by atoms with Crippen molar-refractivity contribution in [2.75, 3.05) is 25.0 Å². The average Bonchev–Trinajstić information content (AvgIpc) is 2.68. The first-order chi connectivity index (χ1) is 13.1. The number of nitrogens with two attached hydrogens (primary N) is 1. The van der Waals surface area contributed by atoms with Crippen LogP contribution in [0.25, 0.3) is 0 Å². The molecule has 142 valence electrons. The van der Waals surface area contributed by atoms with Crippen LogP contribution >= 0.6 is 0 Å². The normalized spacial score (nSPS) is 17.4. The van der Waals surface area contributed by atoms with Crippen molar-refractivity contribution >= 4 is 17.5 Å². The van der Waals surface area contributed by atoms with Crippen molar-refractivity contribution < 1.29 is 9.59 Å². The number of benzene rings is 1. The van der Waals surface area contributed by atoms with Gasteiger partial charge < -0.3 is 16.0 Å². The van der Waals surface area contributed by atoms with E-state index >= 15 is 0 Å². The van der Waals surface area contributed by atoms with Crippen LogP contribution in [0.1, 0.15) is 35.2 Å². The number of hydrogen-bond donors (Lipinski definition) is 2. The summed E-state index contributed by atoms with van der Waals surface area (Å²) < 4.78 is 0. The molecule has 1 fully saturated rings. The monoisotopic (exact) mass is 366 g/mol. The van der Waals surface area contributed by atoms with Crippen LogP contribution in [-0.2, 0) is 11.2 Å². The summed E-state index contributed by atoms with van der Waals surface area (Å²) in [6, 6.07) is 10.7. The van der Waals surface area contributed by atoms with E-state index < -0.39 is 5.91 Å². The van der Waals surface area contributed by atoms with Gasteiger partial charge in [0.05, 0.1) is 0 Å². The summed E-state index contributed by atoms with van der Waals surface area (Å²) in [6.07, 6.45) is 7.64. The Labute approximate surface area is 159 Å². The quantitative estimate of drug-likeness (QED) is 0.788. The van der Waals surface area contributed by atoms with Crippen LogP contribution in [-0.4, -0.2) is 41.3 Å². The smallest absolute Gasteiger partial charge is 0.248 e. The van der Waals surface area contributed by atoms with E-state index in [1.165, 1.54) is 18.4 Å². The van der Waals surface area contributed by atoms with Crippen LogP contribution in [0.15, 0.2) is 48.8 Å². The number of rotatable bonds is 7. The van der Waals surface area contributed by atoms with Crippen LogP contribution in [0.4, 0.5) is 5.69 Å². The molecule has 0 bridgehead atoms. The summed E-state index contributed by atoms with van der Waals surface area (Å²) in [6.45, 7) is 2.83. The lowest BCUT2D eigenvalue weighted by Crippen LogP contribution is -2.38. The molecular formula is C21H26N4O2. The zero-order chi connectivity index (χ0) is 19.1. The first-order valence-corrected chi connectivity index (χ1v) is 9.41. The maximum absolute atomic E-state index is 12.2. The van der Waals surface area contributed by atoms with Crippen molar-refractivity contribution in [2.45, 2.75) is 25.7 Å². The molecule has 1 saturated heterocycles. The van der Waals surface area contributed by atoms with E-state index in [1.54, 1.807) is 30.5 Å². The van der Waals surface area contributed by atoms with E-state index in [9.17, 15) is 9.59 Å². The number of carbonyl (C=O) groups is 2. The Bertz CT molecular complexity index is 762. The number of pyridine rings is 1. The minimum absolute atomic E-state index is 0.0174. The van der Waals surface area contributed by atoms with Crippen molar-refractivity contribution in [1.29, 1.82) is 0 Å². The number of amides is 2. The van der Waals surface area contributed by atoms with E-state index in [0.29, 0.717) is 23.6 Å². The molecule has 1 aliphatic rings. The fraction of sp³-hybridized carbons (Fsp3) is 0.381. The van der Waals surface area contributed by atoms with Crippen molar-refractivity contribution in [3.8, 4) is 0 Å². The van der Waals surface area contributed by atoms with Gasteiger partial charge in [-0.15, -0.1) is 0 Å². The molecule has 3 N–H and O–H groups in total. The molecule has 6 heteroatoms. The first kappa shape index (κ1) is 19.0. The Morgan fingerprint density at radius 1 is 1.22 bits per heavy atom. The summed E-state index contributed by atoms with van der Waals surface area (Å²) in [5.74, 6) is 0.127. The average molecular weight is 366 g/mol. The number of aromatic nitrogens is 1. The van der Waals surface area contributed by atoms with Crippen molar-refractivity contribution in [3.05, 3.63) is 59.9 Å². The van der Waals surface area contributed by atoms with E-state index in [2.05, 4.69) is 21.3 Å². The molecule has 1 atom stereocenters. The molecule has 1 unspecified atom stereocenters. The summed E-state index contributed by atoms with van der Waals surface area (Å²) in [4.78, 5) is 29.9. The van der Waals surface area contributed by atoms with E-state index in [0.717, 1.165) is 26.1 Å². The number of primary amides is 1. The van der Waals surface area contributed by atoms with Gasteiger partial charge >= 0.3 is 0 Å². The molecule has 3 rings (SSSR count). The fourth-order valence-corrected chi connectivity index (χ4v) is 3.57. The van der Waals surface area contributed by atoms with Crippen LogP contribution < -0.4 is 11.1 Å². The van der Waals surface area contributed by atoms with Crippen LogP contribution in [0, 0.1) is 5.92 Å². The van der Waals surface area contributed by atoms with Crippen molar-refractivity contribution in [3.63, 3.8) is 0 Å². The van der Waals surface area contributed by atoms with E-state index in [-0.39, 0.29) is 5.91 Å². The topological polar surface area (TPSA) is 88.3 Å². The number of hydrogen-bond acceptors (Lipinski definition) is 4. The Morgan fingerprint density at radius 3 is 2.74 bits per heavy atom. The molecule has 1 aromatic heterocycles. The molecule has 2 amide bonds. The largest absolute Gasteiger partial charge is 0.366 e. The third-order valence-corrected chi connectivity index (χ3v) is 4.96. The molecule has 1 aromatic carbocycles. The van der Waals surface area contributed by atoms with Gasteiger partial charge in [-0.05, 0) is 67.6 Å². The maximum atomic E-state index is 12.2. The van der Waals surface area contributed by atoms with E-state index in [4.69, 9.17) is 5.73 Å². The number of nitrogens with zero attached hydrogens (tertiary/aromatic N) is 2. The number of anilines is 1. The Balaban J connectivity index is 1.43. The number of carbonyl (C=O) groups excluding carboxylic acids is 2. The molecule has 1 aliphatic heterocycles. The van der Waals surface area contributed by atoms with Gasteiger partial charge in [0, 0.05) is 43.2 Å². The molecule has 0 aliphatic carbocycles. The van der Waals surface area contributed by atoms with Crippen molar-refractivity contribution in [2.24, 2.45) is 11.7 Å². The third-order valence-electron chi connectivity index (χ3n) is 4.96. The van der Waals surface area contributed by atoms with Crippen LogP contribution in [0.3, 0.4) is 0 Å². The predicted octanol–water partition coefficient (Wildman–Crippen LogP) is 2.46. The summed E-state index contributed by atoms with van der Waals surface area (Å²) in [7, 11) is 0. The Hall–Kier alpha value is -2.73. The fourth-order valence-electron chi connectivity index (χ4n) is 3.57. The molecule has 6 nitrogen and oxygen atoms in total. The number of piperidine rings is 1. The van der Waals surface area contributed by atoms with Crippen LogP contribution in [0.2, 0.25) is 0 Å². The second-order valence-corrected chi connectivity index (χ2v) is 7.11. The molecule has 0 radical (unpaired) electrons. The van der Waals surface area contributed by atoms with Gasteiger partial charge in [0.15, 0.2) is 0 Å². The van der Waals surface area contributed by atoms with Gasteiger partial charge in [-0.25, -0.2) is 0 Å². The van der Waals surface area contributed by atoms with E-state index in [1.807, 2.05) is 12.3 Å². The molecule has 27 heavy (non-hydrogen) atoms. The molecule has 2 heterocycles. The molecule has 0 saturated carbocycles. The Kier molecular flexibility index (Phi) is 6.54. The second kappa shape index (κ2) is 9.28. The SMILES string of the molecule is NC(=O)c1ccc(NC(=O)CCN2CCCC(Cc3cccnc3)C2)cc1. The third kappa shape index (κ3) is 5.89. The van der Waals surface area contributed by atoms with Gasteiger partial charge in [-0.2, -0.15) is 0 Å². The molecule has 2 aromatic rings. The number of likely N-dealkylation sites (tertiary alicyclic amines) is 1.